The van der Waals surface area contributed by atoms with Crippen LogP contribution >= 0.6 is 12.2 Å². The van der Waals surface area contributed by atoms with Crippen LogP contribution in [0, 0.1) is 5.82 Å². The molecule has 0 aromatic heterocycles. The molecule has 0 unspecified atom stereocenters. The van der Waals surface area contributed by atoms with Crippen molar-refractivity contribution in [3.05, 3.63) is 48.3 Å². The summed E-state index contributed by atoms with van der Waals surface area (Å²) in [7, 11) is -2.09. The van der Waals surface area contributed by atoms with Crippen molar-refractivity contribution in [2.24, 2.45) is 0 Å². The highest BCUT2D eigenvalue weighted by Crippen LogP contribution is 2.23. The van der Waals surface area contributed by atoms with Crippen LogP contribution in [0.3, 0.4) is 0 Å². The lowest BCUT2D eigenvalue weighted by molar-refractivity contribution is 0.387. The highest BCUT2D eigenvalue weighted by Gasteiger charge is 2.24. The molecule has 9 heteroatoms. The lowest BCUT2D eigenvalue weighted by Gasteiger charge is -2.20. The Morgan fingerprint density at radius 2 is 1.59 bits per heavy atom. The predicted octanol–water partition coefficient (Wildman–Crippen LogP) is 4.21. The summed E-state index contributed by atoms with van der Waals surface area (Å²) in [5, 5.41) is 6.11. The van der Waals surface area contributed by atoms with Crippen LogP contribution in [0.2, 0.25) is 0 Å². The number of nitrogens with zero attached hydrogens (tertiary/aromatic N) is 1. The van der Waals surface area contributed by atoms with Gasteiger partial charge in [0.25, 0.3) is 0 Å². The zero-order valence-corrected chi connectivity index (χ0v) is 17.8. The second kappa shape index (κ2) is 9.51. The van der Waals surface area contributed by atoms with Crippen molar-refractivity contribution in [2.75, 3.05) is 30.8 Å². The van der Waals surface area contributed by atoms with Gasteiger partial charge in [0.05, 0.1) is 12.0 Å². The van der Waals surface area contributed by atoms with E-state index in [-0.39, 0.29) is 15.8 Å². The fraction of sp³-hybridized carbons (Fsp3) is 0.350. The number of rotatable bonds is 5. The molecule has 2 N–H and O–H groups in total. The van der Waals surface area contributed by atoms with Gasteiger partial charge >= 0.3 is 0 Å². The molecule has 1 aliphatic rings. The molecule has 2 aromatic rings. The van der Waals surface area contributed by atoms with Gasteiger partial charge < -0.3 is 15.4 Å². The van der Waals surface area contributed by atoms with E-state index in [2.05, 4.69) is 10.6 Å². The fourth-order valence-corrected chi connectivity index (χ4v) is 4.93. The molecule has 0 bridgehead atoms. The van der Waals surface area contributed by atoms with Crippen molar-refractivity contribution in [1.29, 1.82) is 0 Å². The van der Waals surface area contributed by atoms with Crippen molar-refractivity contribution < 1.29 is 17.5 Å². The second-order valence-electron chi connectivity index (χ2n) is 6.77. The molecular weight excluding hydrogens is 413 g/mol. The summed E-state index contributed by atoms with van der Waals surface area (Å²) in [5.41, 5.74) is 1.10. The number of hydrogen-bond donors (Lipinski definition) is 2. The fourth-order valence-electron chi connectivity index (χ4n) is 3.18. The van der Waals surface area contributed by atoms with Gasteiger partial charge in [-0.3, -0.25) is 0 Å². The first-order chi connectivity index (χ1) is 13.9. The Balaban J connectivity index is 1.64. The Morgan fingerprint density at radius 3 is 2.17 bits per heavy atom. The summed E-state index contributed by atoms with van der Waals surface area (Å²) in [6.07, 6.45) is 3.92. The van der Waals surface area contributed by atoms with Crippen LogP contribution in [0.5, 0.6) is 5.75 Å². The van der Waals surface area contributed by atoms with E-state index in [1.54, 1.807) is 34.6 Å². The summed E-state index contributed by atoms with van der Waals surface area (Å²) in [5.74, 6) is -0.348. The minimum Gasteiger partial charge on any atom is -0.494 e. The summed E-state index contributed by atoms with van der Waals surface area (Å²) >= 11 is 5.24. The Hall–Kier alpha value is -2.23. The number of thiocarbonyl (C=S) groups is 1. The molecule has 1 heterocycles. The maximum atomic E-state index is 13.8. The minimum atomic E-state index is -3.49. The van der Waals surface area contributed by atoms with E-state index in [1.807, 2.05) is 0 Å². The van der Waals surface area contributed by atoms with E-state index in [4.69, 9.17) is 17.0 Å². The lowest BCUT2D eigenvalue weighted by Crippen LogP contribution is -2.31. The first-order valence-electron chi connectivity index (χ1n) is 9.42. The standard InChI is InChI=1S/C20H24FN3O3S2/c1-27-19-11-8-16(14-18(19)21)23-20(28)22-15-6-9-17(10-7-15)29(25,26)24-12-4-2-3-5-13-24/h6-11,14H,2-5,12-13H2,1H3,(H2,22,23,28). The predicted molar refractivity (Wildman–Crippen MR) is 116 cm³/mol. The molecule has 29 heavy (non-hydrogen) atoms. The van der Waals surface area contributed by atoms with Gasteiger partial charge in [-0.25, -0.2) is 12.8 Å². The molecular formula is C20H24FN3O3S2. The molecule has 0 spiro atoms. The van der Waals surface area contributed by atoms with Crippen molar-refractivity contribution >= 4 is 38.7 Å². The molecule has 2 aromatic carbocycles. The zero-order valence-electron chi connectivity index (χ0n) is 16.2. The third-order valence-corrected chi connectivity index (χ3v) is 6.84. The highest BCUT2D eigenvalue weighted by atomic mass is 32.2. The number of hydrogen-bond acceptors (Lipinski definition) is 4. The maximum Gasteiger partial charge on any atom is 0.243 e. The van der Waals surface area contributed by atoms with Crippen molar-refractivity contribution in [2.45, 2.75) is 30.6 Å². The molecule has 0 radical (unpaired) electrons. The molecule has 0 saturated carbocycles. The maximum absolute atomic E-state index is 13.8. The molecule has 156 valence electrons. The number of ether oxygens (including phenoxy) is 1. The van der Waals surface area contributed by atoms with Crippen LogP contribution in [0.4, 0.5) is 15.8 Å². The van der Waals surface area contributed by atoms with E-state index in [9.17, 15) is 12.8 Å². The van der Waals surface area contributed by atoms with Crippen molar-refractivity contribution in [1.82, 2.24) is 4.31 Å². The SMILES string of the molecule is COc1ccc(NC(=S)Nc2ccc(S(=O)(=O)N3CCCCCC3)cc2)cc1F. The number of anilines is 2. The van der Waals surface area contributed by atoms with Gasteiger partial charge in [0.2, 0.25) is 10.0 Å². The van der Waals surface area contributed by atoms with E-state index in [0.717, 1.165) is 25.7 Å². The number of benzene rings is 2. The third kappa shape index (κ3) is 5.43. The molecule has 0 aliphatic carbocycles. The van der Waals surface area contributed by atoms with Gasteiger partial charge in [0, 0.05) is 30.5 Å². The average Bonchev–Trinajstić information content (AvgIpc) is 2.98. The van der Waals surface area contributed by atoms with Gasteiger partial charge in [-0.05, 0) is 61.5 Å². The molecule has 1 aliphatic heterocycles. The Kier molecular flexibility index (Phi) is 7.05. The van der Waals surface area contributed by atoms with Crippen LogP contribution in [-0.4, -0.2) is 38.0 Å². The number of nitrogens with one attached hydrogen (secondary N) is 2. The van der Waals surface area contributed by atoms with E-state index >= 15 is 0 Å². The normalized spacial score (nSPS) is 15.4. The van der Waals surface area contributed by atoms with Gasteiger partial charge in [-0.15, -0.1) is 0 Å². The number of halogens is 1. The number of sulfonamides is 1. The first-order valence-corrected chi connectivity index (χ1v) is 11.3. The quantitative estimate of drug-likeness (QED) is 0.683. The minimum absolute atomic E-state index is 0.149. The summed E-state index contributed by atoms with van der Waals surface area (Å²) in [6, 6.07) is 10.9. The third-order valence-electron chi connectivity index (χ3n) is 4.72. The van der Waals surface area contributed by atoms with Crippen molar-refractivity contribution in [3.8, 4) is 5.75 Å². The number of methoxy groups -OCH3 is 1. The second-order valence-corrected chi connectivity index (χ2v) is 9.12. The summed E-state index contributed by atoms with van der Waals surface area (Å²) in [4.78, 5) is 0.265. The molecule has 1 saturated heterocycles. The van der Waals surface area contributed by atoms with E-state index in [1.165, 1.54) is 19.2 Å². The van der Waals surface area contributed by atoms with Gasteiger partial charge in [-0.2, -0.15) is 4.31 Å². The van der Waals surface area contributed by atoms with Crippen LogP contribution in [0.15, 0.2) is 47.4 Å². The molecule has 3 rings (SSSR count). The topological polar surface area (TPSA) is 70.7 Å². The van der Waals surface area contributed by atoms with Crippen LogP contribution < -0.4 is 15.4 Å². The molecule has 6 nitrogen and oxygen atoms in total. The smallest absolute Gasteiger partial charge is 0.243 e. The Morgan fingerprint density at radius 1 is 1.00 bits per heavy atom. The van der Waals surface area contributed by atoms with Crippen LogP contribution in [-0.2, 0) is 10.0 Å². The van der Waals surface area contributed by atoms with E-state index < -0.39 is 15.8 Å². The molecule has 1 fully saturated rings. The monoisotopic (exact) mass is 437 g/mol. The van der Waals surface area contributed by atoms with Crippen molar-refractivity contribution in [3.63, 3.8) is 0 Å². The molecule has 0 atom stereocenters. The highest BCUT2D eigenvalue weighted by molar-refractivity contribution is 7.89. The van der Waals surface area contributed by atoms with Crippen LogP contribution in [0.1, 0.15) is 25.7 Å². The summed E-state index contributed by atoms with van der Waals surface area (Å²) in [6.45, 7) is 1.13. The Bertz CT molecular complexity index is 957. The molecule has 0 amide bonds. The largest absolute Gasteiger partial charge is 0.494 e. The van der Waals surface area contributed by atoms with Gasteiger partial charge in [-0.1, -0.05) is 12.8 Å². The summed E-state index contributed by atoms with van der Waals surface area (Å²) < 4.78 is 45.9. The average molecular weight is 438 g/mol. The van der Waals surface area contributed by atoms with Crippen LogP contribution in [0.25, 0.3) is 0 Å². The first kappa shape index (κ1) is 21.5. The Labute approximate surface area is 176 Å². The van der Waals surface area contributed by atoms with Gasteiger partial charge in [0.15, 0.2) is 16.7 Å². The van der Waals surface area contributed by atoms with E-state index in [0.29, 0.717) is 24.5 Å². The lowest BCUT2D eigenvalue weighted by atomic mass is 10.2. The van der Waals surface area contributed by atoms with Gasteiger partial charge in [0.1, 0.15) is 0 Å². The zero-order chi connectivity index (χ0) is 20.9.